The van der Waals surface area contributed by atoms with Gasteiger partial charge in [-0.2, -0.15) is 0 Å². The number of carbonyl (C=O) groups excluding carboxylic acids is 1. The maximum atomic E-state index is 13.0. The van der Waals surface area contributed by atoms with Crippen molar-refractivity contribution in [1.29, 1.82) is 0 Å². The molecule has 2 N–H and O–H groups in total. The quantitative estimate of drug-likeness (QED) is 0.202. The highest BCUT2D eigenvalue weighted by atomic mass is 35.5. The average molecular weight is 586 g/mol. The van der Waals surface area contributed by atoms with Gasteiger partial charge in [-0.3, -0.25) is 14.1 Å². The van der Waals surface area contributed by atoms with Gasteiger partial charge in [-0.15, -0.1) is 0 Å². The van der Waals surface area contributed by atoms with Crippen molar-refractivity contribution >= 4 is 40.5 Å². The van der Waals surface area contributed by atoms with Gasteiger partial charge in [0.2, 0.25) is 5.95 Å². The number of benzene rings is 3. The number of hydrogen-bond donors (Lipinski definition) is 2. The first-order valence-corrected chi connectivity index (χ1v) is 14.5. The van der Waals surface area contributed by atoms with Crippen LogP contribution in [0.25, 0.3) is 28.3 Å². The number of nitrogens with one attached hydrogen (secondary N) is 2. The Balaban J connectivity index is 1.23. The zero-order valence-electron chi connectivity index (χ0n) is 23.5. The number of anilines is 3. The Morgan fingerprint density at radius 1 is 0.884 bits per heavy atom. The summed E-state index contributed by atoms with van der Waals surface area (Å²) in [5.41, 5.74) is 8.59. The standard InChI is InChI=1S/C34H28ClN7O/c1-2-41-20-23-13-14-26(19-24(23)21-41)38-34-36-16-15-29(39-34)32-31(40-30-12-5-6-17-42(30)32)22-8-7-9-25(18-22)37-33(43)27-10-3-4-11-28(27)35/h3-19H,2,20-21H2,1H3,(H,37,43)(H,36,38,39). The van der Waals surface area contributed by atoms with Crippen LogP contribution in [0.15, 0.2) is 103 Å². The van der Waals surface area contributed by atoms with Crippen LogP contribution in [0.5, 0.6) is 0 Å². The molecule has 1 amide bonds. The predicted octanol–water partition coefficient (Wildman–Crippen LogP) is 7.44. The van der Waals surface area contributed by atoms with E-state index in [1.807, 2.05) is 59.1 Å². The molecule has 4 heterocycles. The van der Waals surface area contributed by atoms with Crippen molar-refractivity contribution in [2.75, 3.05) is 17.2 Å². The molecular formula is C34H28ClN7O. The zero-order chi connectivity index (χ0) is 29.3. The monoisotopic (exact) mass is 585 g/mol. The van der Waals surface area contributed by atoms with Crippen molar-refractivity contribution in [2.45, 2.75) is 20.0 Å². The van der Waals surface area contributed by atoms with Gasteiger partial charge in [-0.25, -0.2) is 15.0 Å². The van der Waals surface area contributed by atoms with Gasteiger partial charge in [0, 0.05) is 42.4 Å². The second-order valence-corrected chi connectivity index (χ2v) is 10.8. The topological polar surface area (TPSA) is 87.5 Å². The van der Waals surface area contributed by atoms with E-state index >= 15 is 0 Å². The second-order valence-electron chi connectivity index (χ2n) is 10.4. The smallest absolute Gasteiger partial charge is 0.257 e. The Morgan fingerprint density at radius 2 is 1.74 bits per heavy atom. The Kier molecular flexibility index (Phi) is 7.06. The fourth-order valence-electron chi connectivity index (χ4n) is 5.48. The first kappa shape index (κ1) is 26.8. The molecule has 0 spiro atoms. The zero-order valence-corrected chi connectivity index (χ0v) is 24.2. The molecule has 3 aromatic heterocycles. The SMILES string of the molecule is CCN1Cc2ccc(Nc3nccc(-c4c(-c5cccc(NC(=O)c6ccccc6Cl)c5)nc5ccccn45)n3)cc2C1. The predicted molar refractivity (Wildman–Crippen MR) is 171 cm³/mol. The van der Waals surface area contributed by atoms with Gasteiger partial charge in [0.25, 0.3) is 5.91 Å². The van der Waals surface area contributed by atoms with E-state index in [1.54, 1.807) is 30.5 Å². The van der Waals surface area contributed by atoms with Gasteiger partial charge in [0.05, 0.1) is 27.7 Å². The number of pyridine rings is 1. The molecule has 0 atom stereocenters. The number of imidazole rings is 1. The number of carbonyl (C=O) groups is 1. The minimum absolute atomic E-state index is 0.279. The third-order valence-electron chi connectivity index (χ3n) is 7.64. The number of halogens is 1. The van der Waals surface area contributed by atoms with Crippen molar-refractivity contribution in [3.05, 3.63) is 125 Å². The van der Waals surface area contributed by atoms with Gasteiger partial charge in [-0.1, -0.05) is 54.9 Å². The summed E-state index contributed by atoms with van der Waals surface area (Å²) in [5, 5.41) is 6.76. The van der Waals surface area contributed by atoms with Crippen LogP contribution >= 0.6 is 11.6 Å². The minimum atomic E-state index is -0.279. The molecule has 3 aromatic carbocycles. The van der Waals surface area contributed by atoms with Crippen molar-refractivity contribution < 1.29 is 4.79 Å². The fraction of sp³-hybridized carbons (Fsp3) is 0.118. The van der Waals surface area contributed by atoms with Gasteiger partial charge < -0.3 is 10.6 Å². The number of amides is 1. The van der Waals surface area contributed by atoms with Crippen molar-refractivity contribution in [3.8, 4) is 22.6 Å². The summed E-state index contributed by atoms with van der Waals surface area (Å²) in [6.07, 6.45) is 3.72. The van der Waals surface area contributed by atoms with Gasteiger partial charge >= 0.3 is 0 Å². The number of hydrogen-bond acceptors (Lipinski definition) is 6. The average Bonchev–Trinajstić information content (AvgIpc) is 3.63. The van der Waals surface area contributed by atoms with Crippen molar-refractivity contribution in [1.82, 2.24) is 24.3 Å². The number of rotatable bonds is 7. The molecule has 0 aliphatic carbocycles. The molecule has 0 radical (unpaired) electrons. The van der Waals surface area contributed by atoms with Crippen LogP contribution in [-0.2, 0) is 13.1 Å². The van der Waals surface area contributed by atoms with Crippen LogP contribution < -0.4 is 10.6 Å². The molecule has 0 bridgehead atoms. The molecule has 0 unspecified atom stereocenters. The fourth-order valence-corrected chi connectivity index (χ4v) is 5.70. The Labute approximate surface area is 254 Å². The highest BCUT2D eigenvalue weighted by molar-refractivity contribution is 6.34. The summed E-state index contributed by atoms with van der Waals surface area (Å²) in [5.74, 6) is 0.221. The van der Waals surface area contributed by atoms with Crippen LogP contribution in [0.4, 0.5) is 17.3 Å². The first-order valence-electron chi connectivity index (χ1n) is 14.1. The molecular weight excluding hydrogens is 558 g/mol. The molecule has 0 fully saturated rings. The molecule has 8 nitrogen and oxygen atoms in total. The summed E-state index contributed by atoms with van der Waals surface area (Å²) in [6, 6.07) is 28.8. The van der Waals surface area contributed by atoms with E-state index in [-0.39, 0.29) is 5.91 Å². The summed E-state index contributed by atoms with van der Waals surface area (Å²) < 4.78 is 2.02. The van der Waals surface area contributed by atoms with Crippen LogP contribution in [-0.4, -0.2) is 36.7 Å². The lowest BCUT2D eigenvalue weighted by molar-refractivity contribution is 0.102. The molecule has 9 heteroatoms. The highest BCUT2D eigenvalue weighted by Crippen LogP contribution is 2.34. The molecule has 0 saturated carbocycles. The Bertz CT molecular complexity index is 1990. The van der Waals surface area contributed by atoms with Gasteiger partial charge in [-0.05, 0) is 72.3 Å². The summed E-state index contributed by atoms with van der Waals surface area (Å²) in [6.45, 7) is 5.15. The summed E-state index contributed by atoms with van der Waals surface area (Å²) in [7, 11) is 0. The molecule has 43 heavy (non-hydrogen) atoms. The molecule has 7 rings (SSSR count). The van der Waals surface area contributed by atoms with E-state index in [0.29, 0.717) is 22.2 Å². The summed E-state index contributed by atoms with van der Waals surface area (Å²) in [4.78, 5) is 29.8. The van der Waals surface area contributed by atoms with Crippen molar-refractivity contribution in [2.24, 2.45) is 0 Å². The minimum Gasteiger partial charge on any atom is -0.324 e. The van der Waals surface area contributed by atoms with Crippen LogP contribution in [0.3, 0.4) is 0 Å². The number of nitrogens with zero attached hydrogens (tertiary/aromatic N) is 5. The van der Waals surface area contributed by atoms with E-state index in [0.717, 1.165) is 53.6 Å². The van der Waals surface area contributed by atoms with E-state index < -0.39 is 0 Å². The molecule has 1 aliphatic rings. The number of fused-ring (bicyclic) bond motifs is 2. The van der Waals surface area contributed by atoms with Crippen LogP contribution in [0.2, 0.25) is 5.02 Å². The lowest BCUT2D eigenvalue weighted by Crippen LogP contribution is -2.14. The lowest BCUT2D eigenvalue weighted by atomic mass is 10.1. The van der Waals surface area contributed by atoms with Gasteiger partial charge in [0.15, 0.2) is 0 Å². The van der Waals surface area contributed by atoms with E-state index in [9.17, 15) is 4.79 Å². The highest BCUT2D eigenvalue weighted by Gasteiger charge is 2.20. The Hall–Kier alpha value is -5.05. The third-order valence-corrected chi connectivity index (χ3v) is 7.97. The largest absolute Gasteiger partial charge is 0.324 e. The van der Waals surface area contributed by atoms with Gasteiger partial charge in [0.1, 0.15) is 5.65 Å². The number of aromatic nitrogens is 4. The lowest BCUT2D eigenvalue weighted by Gasteiger charge is -2.11. The van der Waals surface area contributed by atoms with E-state index in [4.69, 9.17) is 21.6 Å². The Morgan fingerprint density at radius 3 is 2.63 bits per heavy atom. The second kappa shape index (κ2) is 11.3. The van der Waals surface area contributed by atoms with Crippen LogP contribution in [0, 0.1) is 0 Å². The van der Waals surface area contributed by atoms with Crippen molar-refractivity contribution in [3.63, 3.8) is 0 Å². The first-order chi connectivity index (χ1) is 21.1. The maximum Gasteiger partial charge on any atom is 0.257 e. The van der Waals surface area contributed by atoms with Crippen LogP contribution in [0.1, 0.15) is 28.4 Å². The van der Waals surface area contributed by atoms with E-state index in [2.05, 4.69) is 45.6 Å². The molecule has 0 saturated heterocycles. The van der Waals surface area contributed by atoms with E-state index in [1.165, 1.54) is 11.1 Å². The third kappa shape index (κ3) is 5.34. The summed E-state index contributed by atoms with van der Waals surface area (Å²) >= 11 is 6.25. The normalized spacial score (nSPS) is 12.8. The maximum absolute atomic E-state index is 13.0. The molecule has 212 valence electrons. The molecule has 1 aliphatic heterocycles. The molecule has 6 aromatic rings.